The molecular formula is C13H17F2N3O. The van der Waals surface area contributed by atoms with Gasteiger partial charge in [-0.05, 0) is 5.92 Å². The molecular weight excluding hydrogens is 252 g/mol. The van der Waals surface area contributed by atoms with Crippen LogP contribution >= 0.6 is 0 Å². The van der Waals surface area contributed by atoms with Gasteiger partial charge >= 0.3 is 6.55 Å². The smallest absolute Gasteiger partial charge is 0.333 e. The molecule has 1 aliphatic carbocycles. The van der Waals surface area contributed by atoms with Crippen LogP contribution in [0, 0.1) is 0 Å². The number of alkyl halides is 2. The molecule has 0 aromatic carbocycles. The lowest BCUT2D eigenvalue weighted by Crippen LogP contribution is -2.12. The maximum absolute atomic E-state index is 12.9. The molecule has 0 atom stereocenters. The van der Waals surface area contributed by atoms with E-state index in [0.717, 1.165) is 0 Å². The summed E-state index contributed by atoms with van der Waals surface area (Å²) in [5.41, 5.74) is 1.76. The van der Waals surface area contributed by atoms with Gasteiger partial charge in [0.1, 0.15) is 0 Å². The summed E-state index contributed by atoms with van der Waals surface area (Å²) >= 11 is 0. The Hall–Kier alpha value is -1.72. The molecule has 2 rings (SSSR count). The first-order valence-electron chi connectivity index (χ1n) is 6.14. The average molecular weight is 269 g/mol. The Bertz CT molecular complexity index is 544. The van der Waals surface area contributed by atoms with Crippen molar-refractivity contribution in [1.82, 2.24) is 14.7 Å². The molecule has 0 amide bonds. The maximum atomic E-state index is 12.9. The first kappa shape index (κ1) is 13.7. The van der Waals surface area contributed by atoms with E-state index in [1.54, 1.807) is 24.9 Å². The first-order valence-corrected chi connectivity index (χ1v) is 6.14. The molecule has 19 heavy (non-hydrogen) atoms. The van der Waals surface area contributed by atoms with Crippen LogP contribution < -0.4 is 0 Å². The molecule has 104 valence electrons. The lowest BCUT2D eigenvalue weighted by Gasteiger charge is -2.11. The highest BCUT2D eigenvalue weighted by molar-refractivity contribution is 6.13. The van der Waals surface area contributed by atoms with Gasteiger partial charge in [0.25, 0.3) is 0 Å². The van der Waals surface area contributed by atoms with Gasteiger partial charge in [-0.25, -0.2) is 4.68 Å². The Morgan fingerprint density at radius 3 is 2.47 bits per heavy atom. The van der Waals surface area contributed by atoms with Gasteiger partial charge in [0.2, 0.25) is 0 Å². The predicted molar refractivity (Wildman–Crippen MR) is 67.4 cm³/mol. The standard InChI is InChI=1S/C13H17F2N3O/c1-7(2)11-10-9(16-18(11)13(14)15)5-8(12(10)19)6-17(3)4/h6-7,13H,5H2,1-4H3/b8-6-. The topological polar surface area (TPSA) is 38.1 Å². The van der Waals surface area contributed by atoms with E-state index >= 15 is 0 Å². The summed E-state index contributed by atoms with van der Waals surface area (Å²) in [5.74, 6) is -0.354. The molecule has 0 bridgehead atoms. The number of carbonyl (C=O) groups is 1. The first-order chi connectivity index (χ1) is 8.82. The van der Waals surface area contributed by atoms with Crippen molar-refractivity contribution in [1.29, 1.82) is 0 Å². The molecule has 1 heterocycles. The minimum Gasteiger partial charge on any atom is -0.383 e. The Labute approximate surface area is 110 Å². The summed E-state index contributed by atoms with van der Waals surface area (Å²) in [4.78, 5) is 14.1. The van der Waals surface area contributed by atoms with Crippen molar-refractivity contribution in [3.8, 4) is 0 Å². The summed E-state index contributed by atoms with van der Waals surface area (Å²) in [6.07, 6.45) is 2.05. The molecule has 4 nitrogen and oxygen atoms in total. The fourth-order valence-electron chi connectivity index (χ4n) is 2.41. The zero-order valence-corrected chi connectivity index (χ0v) is 11.4. The van der Waals surface area contributed by atoms with Gasteiger partial charge in [-0.15, -0.1) is 0 Å². The van der Waals surface area contributed by atoms with E-state index in [9.17, 15) is 13.6 Å². The van der Waals surface area contributed by atoms with Crippen LogP contribution in [0.3, 0.4) is 0 Å². The number of hydrogen-bond donors (Lipinski definition) is 0. The molecule has 0 aliphatic heterocycles. The molecule has 0 saturated heterocycles. The van der Waals surface area contributed by atoms with Crippen LogP contribution in [0.15, 0.2) is 11.8 Å². The summed E-state index contributed by atoms with van der Waals surface area (Å²) in [6.45, 7) is 0.867. The van der Waals surface area contributed by atoms with E-state index in [1.165, 1.54) is 0 Å². The van der Waals surface area contributed by atoms with Crippen LogP contribution in [-0.2, 0) is 6.42 Å². The number of rotatable bonds is 3. The number of halogens is 2. The van der Waals surface area contributed by atoms with Crippen molar-refractivity contribution in [2.75, 3.05) is 14.1 Å². The number of allylic oxidation sites excluding steroid dienone is 1. The monoisotopic (exact) mass is 269 g/mol. The van der Waals surface area contributed by atoms with Crippen molar-refractivity contribution in [3.63, 3.8) is 0 Å². The van der Waals surface area contributed by atoms with Crippen molar-refractivity contribution in [3.05, 3.63) is 28.7 Å². The lowest BCUT2D eigenvalue weighted by molar-refractivity contribution is 0.0521. The average Bonchev–Trinajstić information content (AvgIpc) is 2.77. The second-order valence-electron chi connectivity index (χ2n) is 5.21. The third-order valence-electron chi connectivity index (χ3n) is 3.04. The fraction of sp³-hybridized carbons (Fsp3) is 0.538. The quantitative estimate of drug-likeness (QED) is 0.792. The van der Waals surface area contributed by atoms with Gasteiger partial charge in [0.15, 0.2) is 5.78 Å². The number of fused-ring (bicyclic) bond motifs is 1. The summed E-state index contributed by atoms with van der Waals surface area (Å²) < 4.78 is 26.6. The van der Waals surface area contributed by atoms with E-state index in [1.807, 2.05) is 14.1 Å². The number of aromatic nitrogens is 2. The van der Waals surface area contributed by atoms with Crippen LogP contribution in [0.4, 0.5) is 8.78 Å². The fourth-order valence-corrected chi connectivity index (χ4v) is 2.41. The molecule has 1 aromatic rings. The van der Waals surface area contributed by atoms with E-state index in [2.05, 4.69) is 5.10 Å². The molecule has 0 radical (unpaired) electrons. The molecule has 0 N–H and O–H groups in total. The Morgan fingerprint density at radius 2 is 2.00 bits per heavy atom. The van der Waals surface area contributed by atoms with Crippen molar-refractivity contribution >= 4 is 5.78 Å². The zero-order valence-electron chi connectivity index (χ0n) is 11.4. The highest BCUT2D eigenvalue weighted by atomic mass is 19.3. The second-order valence-corrected chi connectivity index (χ2v) is 5.21. The summed E-state index contributed by atoms with van der Waals surface area (Å²) in [7, 11) is 3.64. The lowest BCUT2D eigenvalue weighted by atomic mass is 10.0. The summed E-state index contributed by atoms with van der Waals surface area (Å²) in [5, 5.41) is 3.91. The van der Waals surface area contributed by atoms with Gasteiger partial charge in [-0.1, -0.05) is 13.8 Å². The molecule has 1 aliphatic rings. The molecule has 1 aromatic heterocycles. The Kier molecular flexibility index (Phi) is 3.43. The van der Waals surface area contributed by atoms with Crippen LogP contribution in [0.2, 0.25) is 0 Å². The molecule has 0 unspecified atom stereocenters. The SMILES string of the molecule is CC(C)c1c2c(nn1C(F)F)C/C(=C/N(C)C)C2=O. The van der Waals surface area contributed by atoms with Gasteiger partial charge in [-0.3, -0.25) is 4.79 Å². The van der Waals surface area contributed by atoms with Crippen molar-refractivity contribution in [2.45, 2.75) is 32.7 Å². The van der Waals surface area contributed by atoms with Crippen LogP contribution in [0.1, 0.15) is 48.1 Å². The van der Waals surface area contributed by atoms with Crippen LogP contribution in [-0.4, -0.2) is 34.6 Å². The van der Waals surface area contributed by atoms with E-state index in [0.29, 0.717) is 33.6 Å². The van der Waals surface area contributed by atoms with E-state index < -0.39 is 6.55 Å². The minimum atomic E-state index is -2.71. The number of Topliss-reactive ketones (excluding diaryl/α,β-unsaturated/α-hetero) is 1. The maximum Gasteiger partial charge on any atom is 0.333 e. The second kappa shape index (κ2) is 4.75. The van der Waals surface area contributed by atoms with Gasteiger partial charge < -0.3 is 4.90 Å². The molecule has 6 heteroatoms. The van der Waals surface area contributed by atoms with E-state index in [-0.39, 0.29) is 11.7 Å². The Balaban J connectivity index is 2.53. The third-order valence-corrected chi connectivity index (χ3v) is 3.04. The van der Waals surface area contributed by atoms with Gasteiger partial charge in [-0.2, -0.15) is 13.9 Å². The van der Waals surface area contributed by atoms with Crippen molar-refractivity contribution in [2.24, 2.45) is 0 Å². The van der Waals surface area contributed by atoms with Gasteiger partial charge in [0, 0.05) is 32.3 Å². The van der Waals surface area contributed by atoms with Gasteiger partial charge in [0.05, 0.1) is 17.0 Å². The zero-order chi connectivity index (χ0) is 14.3. The molecule has 0 spiro atoms. The molecule has 0 fully saturated rings. The Morgan fingerprint density at radius 1 is 1.37 bits per heavy atom. The normalized spacial score (nSPS) is 16.8. The number of hydrogen-bond acceptors (Lipinski definition) is 3. The highest BCUT2D eigenvalue weighted by Crippen LogP contribution is 2.34. The number of carbonyl (C=O) groups excluding carboxylic acids is 1. The summed E-state index contributed by atoms with van der Waals surface area (Å²) in [6, 6.07) is 0. The number of ketones is 1. The largest absolute Gasteiger partial charge is 0.383 e. The van der Waals surface area contributed by atoms with Crippen LogP contribution in [0.5, 0.6) is 0 Å². The third kappa shape index (κ3) is 2.27. The predicted octanol–water partition coefficient (Wildman–Crippen LogP) is 2.59. The minimum absolute atomic E-state index is 0.173. The van der Waals surface area contributed by atoms with Crippen molar-refractivity contribution < 1.29 is 13.6 Å². The van der Waals surface area contributed by atoms with Crippen LogP contribution in [0.25, 0.3) is 0 Å². The number of nitrogens with zero attached hydrogens (tertiary/aromatic N) is 3. The molecule has 0 saturated carbocycles. The highest BCUT2D eigenvalue weighted by Gasteiger charge is 2.35. The van der Waals surface area contributed by atoms with E-state index in [4.69, 9.17) is 0 Å².